The number of hydrogen-bond acceptors (Lipinski definition) is 3. The Kier molecular flexibility index (Phi) is 4.75. The first-order valence-corrected chi connectivity index (χ1v) is 8.02. The largest absolute Gasteiger partial charge is 0.332 e. The summed E-state index contributed by atoms with van der Waals surface area (Å²) in [6.45, 7) is 8.89. The van der Waals surface area contributed by atoms with E-state index in [1.54, 1.807) is 11.6 Å². The van der Waals surface area contributed by atoms with Crippen LogP contribution in [0.4, 0.5) is 0 Å². The Labute approximate surface area is 137 Å². The second-order valence-corrected chi connectivity index (χ2v) is 6.81. The van der Waals surface area contributed by atoms with Crippen LogP contribution in [0.25, 0.3) is 11.2 Å². The highest BCUT2D eigenvalue weighted by Gasteiger charge is 2.19. The van der Waals surface area contributed by atoms with Crippen molar-refractivity contribution in [3.05, 3.63) is 37.2 Å². The number of rotatable bonds is 4. The SMILES string of the molecule is CC(C)=CCn1c(Br)nc2c1c(=O)n(CC(C)C)c(=O)n2C. The summed E-state index contributed by atoms with van der Waals surface area (Å²) < 4.78 is 5.07. The maximum Gasteiger partial charge on any atom is 0.332 e. The Hall–Kier alpha value is -1.63. The summed E-state index contributed by atoms with van der Waals surface area (Å²) in [4.78, 5) is 29.5. The lowest BCUT2D eigenvalue weighted by atomic mass is 10.2. The Bertz CT molecular complexity index is 851. The molecule has 6 nitrogen and oxygen atoms in total. The molecule has 0 bridgehead atoms. The van der Waals surface area contributed by atoms with Gasteiger partial charge in [-0.2, -0.15) is 0 Å². The van der Waals surface area contributed by atoms with E-state index >= 15 is 0 Å². The van der Waals surface area contributed by atoms with Gasteiger partial charge in [0.05, 0.1) is 0 Å². The Morgan fingerprint density at radius 2 is 1.91 bits per heavy atom. The number of aromatic nitrogens is 4. The minimum absolute atomic E-state index is 0.209. The van der Waals surface area contributed by atoms with Crippen LogP contribution in [0.15, 0.2) is 26.0 Å². The molecule has 0 aliphatic carbocycles. The Balaban J connectivity index is 2.82. The fourth-order valence-electron chi connectivity index (χ4n) is 2.31. The molecule has 2 rings (SSSR count). The fourth-order valence-corrected chi connectivity index (χ4v) is 2.80. The minimum Gasteiger partial charge on any atom is -0.309 e. The molecule has 0 amide bonds. The normalized spacial score (nSPS) is 11.4. The molecule has 7 heteroatoms. The molecule has 0 radical (unpaired) electrons. The zero-order valence-electron chi connectivity index (χ0n) is 13.6. The molecule has 0 unspecified atom stereocenters. The van der Waals surface area contributed by atoms with Gasteiger partial charge >= 0.3 is 5.69 Å². The van der Waals surface area contributed by atoms with E-state index in [1.165, 1.54) is 9.13 Å². The minimum atomic E-state index is -0.328. The summed E-state index contributed by atoms with van der Waals surface area (Å²) in [5, 5.41) is 0. The molecule has 2 aromatic heterocycles. The molecule has 0 saturated heterocycles. The van der Waals surface area contributed by atoms with Crippen LogP contribution in [-0.2, 0) is 20.1 Å². The van der Waals surface area contributed by atoms with Crippen molar-refractivity contribution in [2.24, 2.45) is 13.0 Å². The van der Waals surface area contributed by atoms with Crippen LogP contribution >= 0.6 is 15.9 Å². The number of nitrogens with zero attached hydrogens (tertiary/aromatic N) is 4. The van der Waals surface area contributed by atoms with E-state index in [0.717, 1.165) is 5.57 Å². The van der Waals surface area contributed by atoms with Crippen molar-refractivity contribution in [2.45, 2.75) is 40.8 Å². The maximum absolute atomic E-state index is 12.8. The lowest BCUT2D eigenvalue weighted by Gasteiger charge is -2.11. The van der Waals surface area contributed by atoms with Gasteiger partial charge in [0.15, 0.2) is 15.9 Å². The average molecular weight is 369 g/mol. The van der Waals surface area contributed by atoms with E-state index in [-0.39, 0.29) is 17.2 Å². The maximum atomic E-state index is 12.8. The number of aryl methyl sites for hydroxylation is 1. The van der Waals surface area contributed by atoms with Crippen molar-refractivity contribution >= 4 is 27.1 Å². The van der Waals surface area contributed by atoms with Crippen molar-refractivity contribution in [1.29, 1.82) is 0 Å². The smallest absolute Gasteiger partial charge is 0.309 e. The third-order valence-electron chi connectivity index (χ3n) is 3.42. The van der Waals surface area contributed by atoms with Crippen LogP contribution in [0.1, 0.15) is 27.7 Å². The van der Waals surface area contributed by atoms with Gasteiger partial charge in [0.2, 0.25) is 0 Å². The molecule has 0 aliphatic rings. The molecule has 0 fully saturated rings. The molecular formula is C15H21BrN4O2. The summed E-state index contributed by atoms with van der Waals surface area (Å²) in [5.74, 6) is 0.209. The monoisotopic (exact) mass is 368 g/mol. The van der Waals surface area contributed by atoms with E-state index in [1.807, 2.05) is 33.8 Å². The quantitative estimate of drug-likeness (QED) is 0.614. The number of allylic oxidation sites excluding steroid dienone is 2. The predicted molar refractivity (Wildman–Crippen MR) is 91.2 cm³/mol. The molecule has 0 spiro atoms. The lowest BCUT2D eigenvalue weighted by molar-refractivity contribution is 0.484. The van der Waals surface area contributed by atoms with E-state index in [0.29, 0.717) is 29.0 Å². The topological polar surface area (TPSA) is 61.8 Å². The Morgan fingerprint density at radius 1 is 1.27 bits per heavy atom. The van der Waals surface area contributed by atoms with Crippen molar-refractivity contribution in [3.8, 4) is 0 Å². The van der Waals surface area contributed by atoms with Gasteiger partial charge in [0.1, 0.15) is 0 Å². The van der Waals surface area contributed by atoms with E-state index in [2.05, 4.69) is 20.9 Å². The standard InChI is InChI=1S/C15H21BrN4O2/c1-9(2)6-7-19-11-12(17-14(19)16)18(5)15(22)20(13(11)21)8-10(3)4/h6,10H,7-8H2,1-5H3. The molecule has 0 atom stereocenters. The van der Waals surface area contributed by atoms with Gasteiger partial charge in [0.25, 0.3) is 5.56 Å². The van der Waals surface area contributed by atoms with Crippen LogP contribution in [0.5, 0.6) is 0 Å². The van der Waals surface area contributed by atoms with E-state index < -0.39 is 0 Å². The van der Waals surface area contributed by atoms with Crippen LogP contribution in [0, 0.1) is 5.92 Å². The third-order valence-corrected chi connectivity index (χ3v) is 4.02. The molecule has 0 aliphatic heterocycles. The number of halogens is 1. The summed E-state index contributed by atoms with van der Waals surface area (Å²) in [6, 6.07) is 0. The van der Waals surface area contributed by atoms with Gasteiger partial charge in [-0.1, -0.05) is 25.5 Å². The number of imidazole rings is 1. The van der Waals surface area contributed by atoms with Crippen molar-refractivity contribution in [1.82, 2.24) is 18.7 Å². The number of hydrogen-bond donors (Lipinski definition) is 0. The summed E-state index contributed by atoms with van der Waals surface area (Å²) >= 11 is 3.39. The zero-order valence-corrected chi connectivity index (χ0v) is 15.1. The van der Waals surface area contributed by atoms with Crippen molar-refractivity contribution < 1.29 is 0 Å². The van der Waals surface area contributed by atoms with Crippen LogP contribution in [0.3, 0.4) is 0 Å². The first-order chi connectivity index (χ1) is 10.2. The van der Waals surface area contributed by atoms with Crippen molar-refractivity contribution in [3.63, 3.8) is 0 Å². The van der Waals surface area contributed by atoms with Crippen LogP contribution < -0.4 is 11.2 Å². The number of fused-ring (bicyclic) bond motifs is 1. The summed E-state index contributed by atoms with van der Waals surface area (Å²) in [7, 11) is 1.64. The Morgan fingerprint density at radius 3 is 2.45 bits per heavy atom. The van der Waals surface area contributed by atoms with E-state index in [4.69, 9.17) is 0 Å². The summed E-state index contributed by atoms with van der Waals surface area (Å²) in [6.07, 6.45) is 2.02. The highest BCUT2D eigenvalue weighted by atomic mass is 79.9. The molecule has 0 N–H and O–H groups in total. The van der Waals surface area contributed by atoms with Gasteiger partial charge < -0.3 is 4.57 Å². The molecule has 0 aromatic carbocycles. The van der Waals surface area contributed by atoms with Gasteiger partial charge in [0, 0.05) is 20.1 Å². The highest BCUT2D eigenvalue weighted by molar-refractivity contribution is 9.10. The average Bonchev–Trinajstić information content (AvgIpc) is 2.75. The summed E-state index contributed by atoms with van der Waals surface area (Å²) in [5.41, 5.74) is 1.40. The lowest BCUT2D eigenvalue weighted by Crippen LogP contribution is -2.40. The van der Waals surface area contributed by atoms with Crippen LogP contribution in [0.2, 0.25) is 0 Å². The molecule has 120 valence electrons. The fraction of sp³-hybridized carbons (Fsp3) is 0.533. The first kappa shape index (κ1) is 16.7. The second-order valence-electron chi connectivity index (χ2n) is 6.10. The van der Waals surface area contributed by atoms with E-state index in [9.17, 15) is 9.59 Å². The van der Waals surface area contributed by atoms with Crippen LogP contribution in [-0.4, -0.2) is 18.7 Å². The first-order valence-electron chi connectivity index (χ1n) is 7.23. The van der Waals surface area contributed by atoms with Gasteiger partial charge in [-0.15, -0.1) is 0 Å². The van der Waals surface area contributed by atoms with Gasteiger partial charge in [-0.05, 0) is 35.7 Å². The van der Waals surface area contributed by atoms with Gasteiger partial charge in [-0.3, -0.25) is 13.9 Å². The molecule has 2 aromatic rings. The zero-order chi connectivity index (χ0) is 16.6. The molecule has 22 heavy (non-hydrogen) atoms. The molecular weight excluding hydrogens is 348 g/mol. The van der Waals surface area contributed by atoms with Crippen molar-refractivity contribution in [2.75, 3.05) is 0 Å². The highest BCUT2D eigenvalue weighted by Crippen LogP contribution is 2.16. The van der Waals surface area contributed by atoms with Gasteiger partial charge in [-0.25, -0.2) is 9.78 Å². The molecule has 2 heterocycles. The molecule has 0 saturated carbocycles. The second kappa shape index (κ2) is 6.24. The third kappa shape index (κ3) is 2.95. The predicted octanol–water partition coefficient (Wildman–Crippen LogP) is 2.28.